The number of amides is 1. The van der Waals surface area contributed by atoms with Gasteiger partial charge in [0.1, 0.15) is 19.3 Å². The van der Waals surface area contributed by atoms with Crippen molar-refractivity contribution in [3.8, 4) is 23.0 Å². The lowest BCUT2D eigenvalue weighted by Gasteiger charge is -2.21. The molecule has 1 heterocycles. The van der Waals surface area contributed by atoms with Crippen LogP contribution in [0.4, 0.5) is 11.4 Å². The number of carbonyl (C=O) groups is 1. The number of fused-ring (bicyclic) bond motifs is 1. The van der Waals surface area contributed by atoms with Gasteiger partial charge in [-0.2, -0.15) is 0 Å². The second kappa shape index (κ2) is 8.07. The van der Waals surface area contributed by atoms with E-state index in [1.165, 1.54) is 0 Å². The SMILES string of the molecule is COc1cc(C)c(N[C@@H](C)C(=O)Nc2ccc3c(c2)OCCO3)cc1OC. The zero-order valence-corrected chi connectivity index (χ0v) is 15.9. The van der Waals surface area contributed by atoms with Crippen molar-refractivity contribution in [3.63, 3.8) is 0 Å². The molecule has 0 bridgehead atoms. The van der Waals surface area contributed by atoms with Crippen molar-refractivity contribution in [3.05, 3.63) is 35.9 Å². The molecule has 0 saturated carbocycles. The Morgan fingerprint density at radius 2 is 1.70 bits per heavy atom. The molecule has 0 spiro atoms. The highest BCUT2D eigenvalue weighted by Gasteiger charge is 2.18. The van der Waals surface area contributed by atoms with Gasteiger partial charge in [0, 0.05) is 23.5 Å². The Labute approximate surface area is 158 Å². The summed E-state index contributed by atoms with van der Waals surface area (Å²) in [5.74, 6) is 2.40. The van der Waals surface area contributed by atoms with Crippen LogP contribution in [-0.4, -0.2) is 39.4 Å². The summed E-state index contributed by atoms with van der Waals surface area (Å²) in [5.41, 5.74) is 2.41. The van der Waals surface area contributed by atoms with Crippen LogP contribution in [0.5, 0.6) is 23.0 Å². The van der Waals surface area contributed by atoms with Crippen molar-refractivity contribution < 1.29 is 23.7 Å². The van der Waals surface area contributed by atoms with E-state index in [2.05, 4.69) is 10.6 Å². The molecule has 0 aliphatic carbocycles. The molecular formula is C20H24N2O5. The number of rotatable bonds is 6. The molecule has 0 radical (unpaired) electrons. The lowest BCUT2D eigenvalue weighted by atomic mass is 10.1. The summed E-state index contributed by atoms with van der Waals surface area (Å²) in [7, 11) is 3.17. The smallest absolute Gasteiger partial charge is 0.246 e. The van der Waals surface area contributed by atoms with Gasteiger partial charge < -0.3 is 29.6 Å². The number of nitrogens with one attached hydrogen (secondary N) is 2. The Hall–Kier alpha value is -3.09. The summed E-state index contributed by atoms with van der Waals surface area (Å²) in [6.45, 7) is 4.77. The fraction of sp³-hybridized carbons (Fsp3) is 0.350. The first-order chi connectivity index (χ1) is 13.0. The Kier molecular flexibility index (Phi) is 5.59. The number of anilines is 2. The number of hydrogen-bond donors (Lipinski definition) is 2. The maximum Gasteiger partial charge on any atom is 0.246 e. The molecule has 2 N–H and O–H groups in total. The van der Waals surface area contributed by atoms with Crippen molar-refractivity contribution in [2.24, 2.45) is 0 Å². The van der Waals surface area contributed by atoms with Crippen LogP contribution in [0.1, 0.15) is 12.5 Å². The molecule has 1 atom stereocenters. The van der Waals surface area contributed by atoms with Gasteiger partial charge in [0.15, 0.2) is 23.0 Å². The van der Waals surface area contributed by atoms with Crippen molar-refractivity contribution in [1.82, 2.24) is 0 Å². The largest absolute Gasteiger partial charge is 0.493 e. The van der Waals surface area contributed by atoms with Gasteiger partial charge in [0.2, 0.25) is 5.91 Å². The molecule has 1 aliphatic rings. The number of hydrogen-bond acceptors (Lipinski definition) is 6. The van der Waals surface area contributed by atoms with Gasteiger partial charge in [-0.1, -0.05) is 0 Å². The second-order valence-electron chi connectivity index (χ2n) is 6.24. The number of aryl methyl sites for hydroxylation is 1. The summed E-state index contributed by atoms with van der Waals surface area (Å²) in [5, 5.41) is 6.10. The van der Waals surface area contributed by atoms with E-state index in [4.69, 9.17) is 18.9 Å². The van der Waals surface area contributed by atoms with E-state index in [-0.39, 0.29) is 5.91 Å². The summed E-state index contributed by atoms with van der Waals surface area (Å²) >= 11 is 0. The van der Waals surface area contributed by atoms with Crippen LogP contribution < -0.4 is 29.6 Å². The lowest BCUT2D eigenvalue weighted by molar-refractivity contribution is -0.116. The predicted molar refractivity (Wildman–Crippen MR) is 103 cm³/mol. The van der Waals surface area contributed by atoms with Crippen molar-refractivity contribution in [2.75, 3.05) is 38.1 Å². The molecule has 7 nitrogen and oxygen atoms in total. The maximum atomic E-state index is 12.6. The Morgan fingerprint density at radius 1 is 1.04 bits per heavy atom. The molecule has 0 aromatic heterocycles. The van der Waals surface area contributed by atoms with Crippen LogP contribution in [-0.2, 0) is 4.79 Å². The zero-order chi connectivity index (χ0) is 19.4. The Balaban J connectivity index is 1.69. The van der Waals surface area contributed by atoms with Gasteiger partial charge in [-0.05, 0) is 37.6 Å². The second-order valence-corrected chi connectivity index (χ2v) is 6.24. The van der Waals surface area contributed by atoms with Gasteiger partial charge in [-0.3, -0.25) is 4.79 Å². The molecule has 1 aliphatic heterocycles. The predicted octanol–water partition coefficient (Wildman–Crippen LogP) is 3.22. The molecule has 0 saturated heterocycles. The molecule has 27 heavy (non-hydrogen) atoms. The fourth-order valence-electron chi connectivity index (χ4n) is 2.81. The molecule has 7 heteroatoms. The molecule has 0 unspecified atom stereocenters. The Morgan fingerprint density at radius 3 is 2.41 bits per heavy atom. The minimum absolute atomic E-state index is 0.166. The molecule has 2 aromatic carbocycles. The van der Waals surface area contributed by atoms with Crippen molar-refractivity contribution in [2.45, 2.75) is 19.9 Å². The first kappa shape index (κ1) is 18.7. The molecule has 144 valence electrons. The van der Waals surface area contributed by atoms with Gasteiger partial charge in [-0.25, -0.2) is 0 Å². The van der Waals surface area contributed by atoms with E-state index in [0.717, 1.165) is 11.3 Å². The van der Waals surface area contributed by atoms with Crippen molar-refractivity contribution in [1.29, 1.82) is 0 Å². The lowest BCUT2D eigenvalue weighted by Crippen LogP contribution is -2.32. The van der Waals surface area contributed by atoms with E-state index in [9.17, 15) is 4.79 Å². The van der Waals surface area contributed by atoms with Crippen LogP contribution in [0.15, 0.2) is 30.3 Å². The minimum atomic E-state index is -0.463. The molecule has 3 rings (SSSR count). The highest BCUT2D eigenvalue weighted by atomic mass is 16.6. The quantitative estimate of drug-likeness (QED) is 0.811. The summed E-state index contributed by atoms with van der Waals surface area (Å²) in [6.07, 6.45) is 0. The van der Waals surface area contributed by atoms with Crippen molar-refractivity contribution >= 4 is 17.3 Å². The number of benzene rings is 2. The molecule has 1 amide bonds. The zero-order valence-electron chi connectivity index (χ0n) is 15.9. The van der Waals surface area contributed by atoms with Gasteiger partial charge in [0.05, 0.1) is 14.2 Å². The molecule has 2 aromatic rings. The van der Waals surface area contributed by atoms with E-state index in [1.807, 2.05) is 19.1 Å². The van der Waals surface area contributed by atoms with E-state index in [1.54, 1.807) is 39.3 Å². The Bertz CT molecular complexity index is 837. The standard InChI is InChI=1S/C20H24N2O5/c1-12-9-17(24-3)18(25-4)11-15(12)21-13(2)20(23)22-14-5-6-16-19(10-14)27-8-7-26-16/h5-6,9-11,13,21H,7-8H2,1-4H3,(H,22,23)/t13-/m0/s1. The first-order valence-corrected chi connectivity index (χ1v) is 8.71. The summed E-state index contributed by atoms with van der Waals surface area (Å²) in [6, 6.07) is 8.57. The fourth-order valence-corrected chi connectivity index (χ4v) is 2.81. The van der Waals surface area contributed by atoms with Crippen LogP contribution in [0, 0.1) is 6.92 Å². The van der Waals surface area contributed by atoms with Crippen LogP contribution in [0.3, 0.4) is 0 Å². The third-order valence-corrected chi connectivity index (χ3v) is 4.31. The van der Waals surface area contributed by atoms with Gasteiger partial charge >= 0.3 is 0 Å². The molecule has 0 fully saturated rings. The number of methoxy groups -OCH3 is 2. The van der Waals surface area contributed by atoms with Gasteiger partial charge in [0.25, 0.3) is 0 Å². The monoisotopic (exact) mass is 372 g/mol. The van der Waals surface area contributed by atoms with Crippen LogP contribution in [0.2, 0.25) is 0 Å². The average Bonchev–Trinajstić information content (AvgIpc) is 2.68. The average molecular weight is 372 g/mol. The van der Waals surface area contributed by atoms with E-state index >= 15 is 0 Å². The van der Waals surface area contributed by atoms with Crippen LogP contribution >= 0.6 is 0 Å². The topological polar surface area (TPSA) is 78.1 Å². The highest BCUT2D eigenvalue weighted by molar-refractivity contribution is 5.96. The normalized spacial score (nSPS) is 13.5. The minimum Gasteiger partial charge on any atom is -0.493 e. The van der Waals surface area contributed by atoms with E-state index < -0.39 is 6.04 Å². The summed E-state index contributed by atoms with van der Waals surface area (Å²) in [4.78, 5) is 12.6. The third-order valence-electron chi connectivity index (χ3n) is 4.31. The number of carbonyl (C=O) groups excluding carboxylic acids is 1. The first-order valence-electron chi connectivity index (χ1n) is 8.71. The van der Waals surface area contributed by atoms with Gasteiger partial charge in [-0.15, -0.1) is 0 Å². The van der Waals surface area contributed by atoms with E-state index in [0.29, 0.717) is 41.9 Å². The third kappa shape index (κ3) is 4.19. The van der Waals surface area contributed by atoms with Crippen LogP contribution in [0.25, 0.3) is 0 Å². The molecular weight excluding hydrogens is 348 g/mol. The number of ether oxygens (including phenoxy) is 4. The maximum absolute atomic E-state index is 12.6. The summed E-state index contributed by atoms with van der Waals surface area (Å²) < 4.78 is 21.7. The highest BCUT2D eigenvalue weighted by Crippen LogP contribution is 2.34.